The lowest BCUT2D eigenvalue weighted by Gasteiger charge is -1.61. The van der Waals surface area contributed by atoms with Crippen molar-refractivity contribution >= 4 is 0 Å². The van der Waals surface area contributed by atoms with Gasteiger partial charge in [0.1, 0.15) is 0 Å². The van der Waals surface area contributed by atoms with E-state index in [2.05, 4.69) is 17.6 Å². The second-order valence-electron chi connectivity index (χ2n) is 0.408. The average Bonchev–Trinajstić information content (AvgIpc) is 1.46. The van der Waals surface area contributed by atoms with Crippen LogP contribution < -0.4 is 0 Å². The zero-order chi connectivity index (χ0) is 4.71. The van der Waals surface area contributed by atoms with E-state index in [0.29, 0.717) is 0 Å². The predicted molar refractivity (Wildman–Crippen MR) is 22.8 cm³/mol. The van der Waals surface area contributed by atoms with Crippen molar-refractivity contribution in [3.8, 4) is 12.8 Å². The van der Waals surface area contributed by atoms with Gasteiger partial charge >= 0.3 is 0 Å². The highest BCUT2D eigenvalue weighted by Crippen LogP contribution is 1.28. The first-order chi connectivity index (χ1) is 2.41. The zero-order valence-corrected chi connectivity index (χ0v) is 3.56. The molecule has 1 nitrogen and oxygen atoms in total. The summed E-state index contributed by atoms with van der Waals surface area (Å²) in [6, 6.07) is 0. The van der Waals surface area contributed by atoms with E-state index >= 15 is 0 Å². The van der Waals surface area contributed by atoms with Gasteiger partial charge in [-0.3, -0.25) is 0 Å². The average molecular weight is 72.1 g/mol. The molecule has 0 fully saturated rings. The third-order valence-electron chi connectivity index (χ3n) is 0. The molecule has 0 aliphatic carbocycles. The fraction of sp³-hybridized carbons (Fsp3) is 0.500. The van der Waals surface area contributed by atoms with Gasteiger partial charge < -0.3 is 4.74 Å². The van der Waals surface area contributed by atoms with Crippen molar-refractivity contribution in [3.63, 3.8) is 0 Å². The van der Waals surface area contributed by atoms with Gasteiger partial charge in [-0.25, -0.2) is 0 Å². The summed E-state index contributed by atoms with van der Waals surface area (Å²) >= 11 is 0. The summed E-state index contributed by atoms with van der Waals surface area (Å²) in [4.78, 5) is 0. The van der Waals surface area contributed by atoms with Crippen molar-refractivity contribution in [2.45, 2.75) is 0 Å². The fourth-order valence-corrected chi connectivity index (χ4v) is 0. The second-order valence-corrected chi connectivity index (χ2v) is 0.408. The van der Waals surface area contributed by atoms with E-state index in [0.717, 1.165) is 0 Å². The van der Waals surface area contributed by atoms with Crippen molar-refractivity contribution in [3.05, 3.63) is 0 Å². The van der Waals surface area contributed by atoms with Crippen LogP contribution in [0.25, 0.3) is 0 Å². The monoisotopic (exact) mass is 72.1 g/mol. The lowest BCUT2D eigenvalue weighted by Crippen LogP contribution is -1.55. The van der Waals surface area contributed by atoms with Gasteiger partial charge in [0.15, 0.2) is 0 Å². The van der Waals surface area contributed by atoms with Crippen LogP contribution in [0.1, 0.15) is 0 Å². The van der Waals surface area contributed by atoms with Crippen LogP contribution in [0, 0.1) is 12.8 Å². The molecule has 0 spiro atoms. The van der Waals surface area contributed by atoms with Gasteiger partial charge in [0.25, 0.3) is 0 Å². The molecule has 0 bridgehead atoms. The minimum absolute atomic E-state index is 1.62. The minimum Gasteiger partial charge on any atom is -0.388 e. The summed E-state index contributed by atoms with van der Waals surface area (Å²) in [6.07, 6.45) is 8.00. The van der Waals surface area contributed by atoms with Gasteiger partial charge in [0.2, 0.25) is 0 Å². The molecule has 0 aliphatic rings. The number of hydrogen-bond acceptors (Lipinski definition) is 1. The van der Waals surface area contributed by atoms with Crippen molar-refractivity contribution in [2.24, 2.45) is 0 Å². The quantitative estimate of drug-likeness (QED) is 0.379. The minimum atomic E-state index is 1.62. The fourth-order valence-electron chi connectivity index (χ4n) is 0. The summed E-state index contributed by atoms with van der Waals surface area (Å²) in [7, 11) is 3.25. The van der Waals surface area contributed by atoms with E-state index in [1.165, 1.54) is 0 Å². The molecule has 1 heteroatoms. The smallest absolute Gasteiger partial charge is 0.0351 e. The molecule has 0 heterocycles. The first-order valence-corrected chi connectivity index (χ1v) is 1.15. The molecule has 0 N–H and O–H groups in total. The molecule has 0 amide bonds. The summed E-state index contributed by atoms with van der Waals surface area (Å²) < 4.78 is 4.25. The van der Waals surface area contributed by atoms with Crippen LogP contribution in [0.3, 0.4) is 0 Å². The van der Waals surface area contributed by atoms with Crippen molar-refractivity contribution in [2.75, 3.05) is 14.2 Å². The first kappa shape index (κ1) is 8.82. The molecule has 0 radical (unpaired) electrons. The van der Waals surface area contributed by atoms with Crippen LogP contribution in [-0.4, -0.2) is 14.2 Å². The van der Waals surface area contributed by atoms with E-state index in [9.17, 15) is 0 Å². The molecule has 0 aromatic carbocycles. The van der Waals surface area contributed by atoms with E-state index in [1.807, 2.05) is 0 Å². The third-order valence-corrected chi connectivity index (χ3v) is 0. The molecule has 0 aromatic rings. The van der Waals surface area contributed by atoms with Gasteiger partial charge in [-0.15, -0.1) is 12.8 Å². The summed E-state index contributed by atoms with van der Waals surface area (Å²) in [5.74, 6) is 0. The van der Waals surface area contributed by atoms with Crippen molar-refractivity contribution < 1.29 is 4.74 Å². The van der Waals surface area contributed by atoms with Crippen LogP contribution >= 0.6 is 0 Å². The molecule has 0 saturated carbocycles. The Morgan fingerprint density at radius 2 is 1.20 bits per heavy atom. The highest BCUT2D eigenvalue weighted by molar-refractivity contribution is 4.47. The van der Waals surface area contributed by atoms with Gasteiger partial charge in [-0.1, -0.05) is 0 Å². The van der Waals surface area contributed by atoms with Crippen LogP contribution in [0.4, 0.5) is 0 Å². The van der Waals surface area contributed by atoms with Crippen LogP contribution in [0.5, 0.6) is 0 Å². The normalized spacial score (nSPS) is 4.00. The molecule has 30 valence electrons. The van der Waals surface area contributed by atoms with Crippen molar-refractivity contribution in [1.29, 1.82) is 0 Å². The summed E-state index contributed by atoms with van der Waals surface area (Å²) in [5.41, 5.74) is 0. The number of hydrogen-bond donors (Lipinski definition) is 0. The Morgan fingerprint density at radius 3 is 1.20 bits per heavy atom. The maximum absolute atomic E-state index is 4.25. The third kappa shape index (κ3) is 35.3. The van der Waals surface area contributed by atoms with Gasteiger partial charge in [0.05, 0.1) is 0 Å². The molecule has 5 heavy (non-hydrogen) atoms. The molecule has 0 saturated heterocycles. The standard InChI is InChI=1S/C2H6O.C2H2/c1-3-2;1-2/h1-2H3;1-2H. The van der Waals surface area contributed by atoms with E-state index in [1.54, 1.807) is 14.2 Å². The zero-order valence-electron chi connectivity index (χ0n) is 3.56. The van der Waals surface area contributed by atoms with Crippen molar-refractivity contribution in [1.82, 2.24) is 0 Å². The lowest BCUT2D eigenvalue weighted by atomic mass is 11.4. The Balaban J connectivity index is 0. The largest absolute Gasteiger partial charge is 0.388 e. The van der Waals surface area contributed by atoms with E-state index in [4.69, 9.17) is 0 Å². The summed E-state index contributed by atoms with van der Waals surface area (Å²) in [6.45, 7) is 0. The maximum Gasteiger partial charge on any atom is 0.0351 e. The molecule has 0 unspecified atom stereocenters. The molecular weight excluding hydrogens is 64.0 g/mol. The van der Waals surface area contributed by atoms with Crippen LogP contribution in [0.2, 0.25) is 0 Å². The topological polar surface area (TPSA) is 9.23 Å². The number of rotatable bonds is 0. The van der Waals surface area contributed by atoms with E-state index < -0.39 is 0 Å². The Bertz CT molecular complexity index is 14.9. The first-order valence-electron chi connectivity index (χ1n) is 1.15. The Hall–Kier alpha value is -0.480. The van der Waals surface area contributed by atoms with E-state index in [-0.39, 0.29) is 0 Å². The molecule has 0 aliphatic heterocycles. The molecule has 0 atom stereocenters. The van der Waals surface area contributed by atoms with Gasteiger partial charge in [-0.05, 0) is 0 Å². The van der Waals surface area contributed by atoms with Crippen LogP contribution in [0.15, 0.2) is 0 Å². The Kier molecular flexibility index (Phi) is 146. The Morgan fingerprint density at radius 1 is 1.20 bits per heavy atom. The molecule has 0 rings (SSSR count). The van der Waals surface area contributed by atoms with Gasteiger partial charge in [-0.2, -0.15) is 0 Å². The molecule has 0 aromatic heterocycles. The summed E-state index contributed by atoms with van der Waals surface area (Å²) in [5, 5.41) is 0. The van der Waals surface area contributed by atoms with Crippen LogP contribution in [-0.2, 0) is 4.74 Å². The number of terminal acetylenes is 1. The highest BCUT2D eigenvalue weighted by atomic mass is 16.4. The molecular formula is C4H8O. The van der Waals surface area contributed by atoms with Gasteiger partial charge in [0, 0.05) is 14.2 Å². The number of methoxy groups -OCH3 is 1. The second kappa shape index (κ2) is 82.7. The SMILES string of the molecule is C#C.COC. The highest BCUT2D eigenvalue weighted by Gasteiger charge is 1.25. The maximum atomic E-state index is 4.25. The predicted octanol–water partition coefficient (Wildman–Crippen LogP) is 0.512. The lowest BCUT2D eigenvalue weighted by molar-refractivity contribution is 0.277. The Labute approximate surface area is 33.0 Å². The number of ether oxygens (including phenoxy) is 1.